The van der Waals surface area contributed by atoms with Gasteiger partial charge < -0.3 is 15.0 Å². The van der Waals surface area contributed by atoms with Crippen molar-refractivity contribution in [3.8, 4) is 17.1 Å². The summed E-state index contributed by atoms with van der Waals surface area (Å²) in [4.78, 5) is 20.3. The van der Waals surface area contributed by atoms with Crippen molar-refractivity contribution >= 4 is 22.6 Å². The van der Waals surface area contributed by atoms with Crippen LogP contribution in [0.25, 0.3) is 22.4 Å². The number of carbonyl (C=O) groups excluding carboxylic acids is 1. The maximum Gasteiger partial charge on any atom is 0.227 e. The fourth-order valence-corrected chi connectivity index (χ4v) is 2.87. The van der Waals surface area contributed by atoms with Gasteiger partial charge in [0.2, 0.25) is 5.91 Å². The van der Waals surface area contributed by atoms with Crippen molar-refractivity contribution in [2.45, 2.75) is 6.42 Å². The molecule has 1 heterocycles. The fraction of sp³-hybridized carbons (Fsp3) is 0.0909. The van der Waals surface area contributed by atoms with Gasteiger partial charge in [-0.3, -0.25) is 4.79 Å². The lowest BCUT2D eigenvalue weighted by atomic mass is 10.1. The number of hydrogen-bond donors (Lipinski definition) is 2. The number of hydrogen-bond acceptors (Lipinski definition) is 3. The van der Waals surface area contributed by atoms with Gasteiger partial charge in [0.25, 0.3) is 0 Å². The van der Waals surface area contributed by atoms with E-state index in [1.807, 2.05) is 78.9 Å². The number of nitrogens with zero attached hydrogens (tertiary/aromatic N) is 1. The number of fused-ring (bicyclic) bond motifs is 1. The van der Waals surface area contributed by atoms with Gasteiger partial charge in [-0.2, -0.15) is 0 Å². The van der Waals surface area contributed by atoms with Crippen LogP contribution in [0.4, 0.5) is 5.69 Å². The van der Waals surface area contributed by atoms with Gasteiger partial charge in [0, 0.05) is 5.56 Å². The lowest BCUT2D eigenvalue weighted by Crippen LogP contribution is -2.15. The Morgan fingerprint density at radius 3 is 2.52 bits per heavy atom. The van der Waals surface area contributed by atoms with E-state index < -0.39 is 0 Å². The number of anilines is 1. The lowest BCUT2D eigenvalue weighted by Gasteiger charge is -2.10. The minimum absolute atomic E-state index is 0.102. The second-order valence-electron chi connectivity index (χ2n) is 6.11. The highest BCUT2D eigenvalue weighted by molar-refractivity contribution is 5.95. The van der Waals surface area contributed by atoms with E-state index in [9.17, 15) is 4.79 Å². The number of para-hydroxylation sites is 4. The topological polar surface area (TPSA) is 67.0 Å². The molecule has 0 saturated heterocycles. The molecular formula is C22H19N3O2. The van der Waals surface area contributed by atoms with Crippen molar-refractivity contribution in [1.29, 1.82) is 0 Å². The third-order valence-electron chi connectivity index (χ3n) is 4.19. The number of aromatic nitrogens is 2. The number of ether oxygens (including phenoxy) is 1. The zero-order chi connectivity index (χ0) is 18.5. The van der Waals surface area contributed by atoms with Crippen molar-refractivity contribution in [1.82, 2.24) is 9.97 Å². The van der Waals surface area contributed by atoms with Crippen molar-refractivity contribution in [2.75, 3.05) is 11.9 Å². The number of H-pyrrole nitrogens is 1. The summed E-state index contributed by atoms with van der Waals surface area (Å²) in [5.41, 5.74) is 3.43. The minimum atomic E-state index is -0.102. The number of rotatable bonds is 6. The van der Waals surface area contributed by atoms with E-state index in [1.54, 1.807) is 0 Å². The third kappa shape index (κ3) is 3.98. The van der Waals surface area contributed by atoms with E-state index in [0.29, 0.717) is 6.61 Å². The molecule has 0 radical (unpaired) electrons. The van der Waals surface area contributed by atoms with Crippen LogP contribution in [0.2, 0.25) is 0 Å². The van der Waals surface area contributed by atoms with Gasteiger partial charge in [0.1, 0.15) is 11.6 Å². The predicted molar refractivity (Wildman–Crippen MR) is 107 cm³/mol. The first kappa shape index (κ1) is 16.8. The van der Waals surface area contributed by atoms with Gasteiger partial charge in [-0.1, -0.05) is 42.5 Å². The zero-order valence-electron chi connectivity index (χ0n) is 14.7. The standard InChI is InChI=1S/C22H19N3O2/c26-21(14-15-27-16-8-2-1-3-9-16)23-18-11-5-4-10-17(18)22-24-19-12-6-7-13-20(19)25-22/h1-13H,14-15H2,(H,23,26)(H,24,25). The maximum atomic E-state index is 12.3. The summed E-state index contributed by atoms with van der Waals surface area (Å²) in [6, 6.07) is 24.9. The molecule has 4 rings (SSSR count). The Bertz CT molecular complexity index is 1020. The highest BCUT2D eigenvalue weighted by Crippen LogP contribution is 2.27. The molecule has 27 heavy (non-hydrogen) atoms. The monoisotopic (exact) mass is 357 g/mol. The van der Waals surface area contributed by atoms with Crippen LogP contribution in [0.1, 0.15) is 6.42 Å². The zero-order valence-corrected chi connectivity index (χ0v) is 14.7. The normalized spacial score (nSPS) is 10.7. The molecule has 0 saturated carbocycles. The van der Waals surface area contributed by atoms with Crippen LogP contribution in [0.3, 0.4) is 0 Å². The summed E-state index contributed by atoms with van der Waals surface area (Å²) in [6.45, 7) is 0.322. The van der Waals surface area contributed by atoms with Gasteiger partial charge in [-0.15, -0.1) is 0 Å². The molecule has 0 aliphatic rings. The molecule has 5 heteroatoms. The van der Waals surface area contributed by atoms with Crippen LogP contribution in [0.5, 0.6) is 5.75 Å². The number of carbonyl (C=O) groups is 1. The molecule has 4 aromatic rings. The van der Waals surface area contributed by atoms with E-state index in [-0.39, 0.29) is 12.3 Å². The Morgan fingerprint density at radius 1 is 0.926 bits per heavy atom. The molecule has 3 aromatic carbocycles. The molecular weight excluding hydrogens is 338 g/mol. The molecule has 1 amide bonds. The fourth-order valence-electron chi connectivity index (χ4n) is 2.87. The lowest BCUT2D eigenvalue weighted by molar-refractivity contribution is -0.116. The van der Waals surface area contributed by atoms with E-state index in [0.717, 1.165) is 33.9 Å². The Labute approximate surface area is 157 Å². The van der Waals surface area contributed by atoms with Crippen molar-refractivity contribution in [3.05, 3.63) is 78.9 Å². The first-order chi connectivity index (χ1) is 13.3. The van der Waals surface area contributed by atoms with Gasteiger partial charge in [-0.05, 0) is 36.4 Å². The highest BCUT2D eigenvalue weighted by atomic mass is 16.5. The summed E-state index contributed by atoms with van der Waals surface area (Å²) in [6.07, 6.45) is 0.267. The van der Waals surface area contributed by atoms with Crippen LogP contribution < -0.4 is 10.1 Å². The number of nitrogens with one attached hydrogen (secondary N) is 2. The number of imidazole rings is 1. The minimum Gasteiger partial charge on any atom is -0.493 e. The third-order valence-corrected chi connectivity index (χ3v) is 4.19. The molecule has 0 aliphatic heterocycles. The van der Waals surface area contributed by atoms with Crippen molar-refractivity contribution in [2.24, 2.45) is 0 Å². The SMILES string of the molecule is O=C(CCOc1ccccc1)Nc1ccccc1-c1nc2ccccc2[nH]1. The Balaban J connectivity index is 1.45. The number of amides is 1. The average Bonchev–Trinajstić information content (AvgIpc) is 3.13. The highest BCUT2D eigenvalue weighted by Gasteiger charge is 2.12. The number of aromatic amines is 1. The molecule has 0 bridgehead atoms. The van der Waals surface area contributed by atoms with E-state index in [2.05, 4.69) is 15.3 Å². The first-order valence-corrected chi connectivity index (χ1v) is 8.81. The molecule has 0 fully saturated rings. The molecule has 0 spiro atoms. The second-order valence-corrected chi connectivity index (χ2v) is 6.11. The average molecular weight is 357 g/mol. The molecule has 1 aromatic heterocycles. The summed E-state index contributed by atoms with van der Waals surface area (Å²) < 4.78 is 5.59. The second kappa shape index (κ2) is 7.74. The maximum absolute atomic E-state index is 12.3. The van der Waals surface area contributed by atoms with Gasteiger partial charge in [0.05, 0.1) is 29.7 Å². The molecule has 0 unspecified atom stereocenters. The quantitative estimate of drug-likeness (QED) is 0.528. The van der Waals surface area contributed by atoms with E-state index in [1.165, 1.54) is 0 Å². The summed E-state index contributed by atoms with van der Waals surface area (Å²) in [7, 11) is 0. The number of benzene rings is 3. The largest absolute Gasteiger partial charge is 0.493 e. The molecule has 134 valence electrons. The molecule has 0 aliphatic carbocycles. The Hall–Kier alpha value is -3.60. The van der Waals surface area contributed by atoms with Gasteiger partial charge in [-0.25, -0.2) is 4.98 Å². The molecule has 2 N–H and O–H groups in total. The Kier molecular flexibility index (Phi) is 4.83. The van der Waals surface area contributed by atoms with Crippen LogP contribution in [0, 0.1) is 0 Å². The van der Waals surface area contributed by atoms with Crippen LogP contribution >= 0.6 is 0 Å². The van der Waals surface area contributed by atoms with Crippen LogP contribution in [-0.2, 0) is 4.79 Å². The van der Waals surface area contributed by atoms with E-state index in [4.69, 9.17) is 4.74 Å². The van der Waals surface area contributed by atoms with Gasteiger partial charge >= 0.3 is 0 Å². The van der Waals surface area contributed by atoms with Crippen LogP contribution in [-0.4, -0.2) is 22.5 Å². The van der Waals surface area contributed by atoms with Crippen LogP contribution in [0.15, 0.2) is 78.9 Å². The predicted octanol–water partition coefficient (Wildman–Crippen LogP) is 4.64. The molecule has 0 atom stereocenters. The van der Waals surface area contributed by atoms with Crippen molar-refractivity contribution in [3.63, 3.8) is 0 Å². The van der Waals surface area contributed by atoms with Gasteiger partial charge in [0.15, 0.2) is 0 Å². The summed E-state index contributed by atoms with van der Waals surface area (Å²) in [5, 5.41) is 2.96. The first-order valence-electron chi connectivity index (χ1n) is 8.81. The molecule has 5 nitrogen and oxygen atoms in total. The van der Waals surface area contributed by atoms with E-state index >= 15 is 0 Å². The van der Waals surface area contributed by atoms with Crippen molar-refractivity contribution < 1.29 is 9.53 Å². The Morgan fingerprint density at radius 2 is 1.67 bits per heavy atom. The smallest absolute Gasteiger partial charge is 0.227 e. The summed E-state index contributed by atoms with van der Waals surface area (Å²) in [5.74, 6) is 1.38. The summed E-state index contributed by atoms with van der Waals surface area (Å²) >= 11 is 0.